The molecule has 1 amide bonds. The van der Waals surface area contributed by atoms with Gasteiger partial charge in [0.15, 0.2) is 11.6 Å². The van der Waals surface area contributed by atoms with Crippen molar-refractivity contribution in [2.45, 2.75) is 38.8 Å². The minimum absolute atomic E-state index is 0.00667. The molecule has 1 unspecified atom stereocenters. The number of piperidine rings is 1. The second kappa shape index (κ2) is 9.71. The molecule has 0 saturated carbocycles. The molecule has 34 heavy (non-hydrogen) atoms. The highest BCUT2D eigenvalue weighted by molar-refractivity contribution is 7.88. The van der Waals surface area contributed by atoms with E-state index >= 15 is 0 Å². The van der Waals surface area contributed by atoms with Gasteiger partial charge in [-0.2, -0.15) is 0 Å². The first kappa shape index (κ1) is 24.1. The Bertz CT molecular complexity index is 1230. The maximum atomic E-state index is 13.4. The van der Waals surface area contributed by atoms with Crippen molar-refractivity contribution in [3.8, 4) is 0 Å². The van der Waals surface area contributed by atoms with Gasteiger partial charge in [-0.3, -0.25) is 4.79 Å². The molecule has 0 aliphatic carbocycles. The summed E-state index contributed by atoms with van der Waals surface area (Å²) in [6, 6.07) is 4.94. The molecule has 2 aliphatic rings. The van der Waals surface area contributed by atoms with Crippen LogP contribution in [0.25, 0.3) is 0 Å². The van der Waals surface area contributed by atoms with Crippen molar-refractivity contribution in [2.24, 2.45) is 11.1 Å². The lowest BCUT2D eigenvalue weighted by Crippen LogP contribution is -2.40. The number of aromatic nitrogens is 2. The summed E-state index contributed by atoms with van der Waals surface area (Å²) < 4.78 is 51.4. The average molecular weight is 494 g/mol. The molecule has 1 aromatic heterocycles. The molecule has 0 radical (unpaired) electrons. The predicted octanol–water partition coefficient (Wildman–Crippen LogP) is 2.16. The molecule has 9 nitrogen and oxygen atoms in total. The second-order valence-corrected chi connectivity index (χ2v) is 10.5. The quantitative estimate of drug-likeness (QED) is 0.660. The van der Waals surface area contributed by atoms with E-state index in [1.165, 1.54) is 22.7 Å². The monoisotopic (exact) mass is 493 g/mol. The normalized spacial score (nSPS) is 19.5. The Kier molecular flexibility index (Phi) is 6.89. The van der Waals surface area contributed by atoms with E-state index in [2.05, 4.69) is 20.4 Å². The molecule has 1 atom stereocenters. The topological polar surface area (TPSA) is 114 Å². The van der Waals surface area contributed by atoms with Gasteiger partial charge in [-0.25, -0.2) is 31.5 Å². The van der Waals surface area contributed by atoms with Crippen molar-refractivity contribution in [1.29, 1.82) is 0 Å². The van der Waals surface area contributed by atoms with Gasteiger partial charge in [0.25, 0.3) is 5.91 Å². The van der Waals surface area contributed by atoms with Gasteiger partial charge in [0.1, 0.15) is 23.3 Å². The third kappa shape index (κ3) is 5.55. The summed E-state index contributed by atoms with van der Waals surface area (Å²) in [5.41, 5.74) is 1.60. The van der Waals surface area contributed by atoms with Gasteiger partial charge in [0.05, 0.1) is 11.9 Å². The third-order valence-electron chi connectivity index (χ3n) is 5.99. The van der Waals surface area contributed by atoms with Crippen molar-refractivity contribution >= 4 is 21.6 Å². The highest BCUT2D eigenvalue weighted by Crippen LogP contribution is 2.30. The van der Waals surface area contributed by atoms with Gasteiger partial charge in [-0.15, -0.1) is 0 Å². The second-order valence-electron chi connectivity index (χ2n) is 8.50. The SMILES string of the molecule is Cc1nc(C(=O)NCc2ccc(F)c(F)c2)cc(C2=NOC(C3CCN(S(C)(=O)=O)CC3)C2)n1. The van der Waals surface area contributed by atoms with Gasteiger partial charge in [-0.1, -0.05) is 11.2 Å². The zero-order valence-corrected chi connectivity index (χ0v) is 19.6. The van der Waals surface area contributed by atoms with E-state index in [4.69, 9.17) is 4.84 Å². The van der Waals surface area contributed by atoms with Crippen molar-refractivity contribution in [3.05, 3.63) is 58.7 Å². The van der Waals surface area contributed by atoms with Crippen molar-refractivity contribution in [1.82, 2.24) is 19.6 Å². The summed E-state index contributed by atoms with van der Waals surface area (Å²) in [5.74, 6) is -1.88. The van der Waals surface area contributed by atoms with Crippen molar-refractivity contribution in [2.75, 3.05) is 19.3 Å². The van der Waals surface area contributed by atoms with E-state index in [-0.39, 0.29) is 24.3 Å². The lowest BCUT2D eigenvalue weighted by molar-refractivity contribution is 0.0225. The lowest BCUT2D eigenvalue weighted by atomic mass is 9.89. The Morgan fingerprint density at radius 3 is 2.59 bits per heavy atom. The molecule has 1 fully saturated rings. The number of oxime groups is 1. The number of carbonyl (C=O) groups excluding carboxylic acids is 1. The van der Waals surface area contributed by atoms with Crippen LogP contribution in [0, 0.1) is 24.5 Å². The Hall–Kier alpha value is -2.99. The van der Waals surface area contributed by atoms with Gasteiger partial charge in [0, 0.05) is 32.0 Å². The van der Waals surface area contributed by atoms with Crippen molar-refractivity contribution in [3.63, 3.8) is 0 Å². The summed E-state index contributed by atoms with van der Waals surface area (Å²) >= 11 is 0. The molecule has 2 aliphatic heterocycles. The first-order chi connectivity index (χ1) is 16.1. The molecule has 3 heterocycles. The van der Waals surface area contributed by atoms with Gasteiger partial charge < -0.3 is 10.2 Å². The molecular formula is C22H25F2N5O4S. The summed E-state index contributed by atoms with van der Waals surface area (Å²) in [5, 5.41) is 6.81. The number of halogens is 2. The van der Waals surface area contributed by atoms with Crippen LogP contribution in [0.5, 0.6) is 0 Å². The van der Waals surface area contributed by atoms with Crippen LogP contribution in [0.4, 0.5) is 8.78 Å². The number of nitrogens with one attached hydrogen (secondary N) is 1. The largest absolute Gasteiger partial charge is 0.391 e. The molecule has 1 N–H and O–H groups in total. The van der Waals surface area contributed by atoms with E-state index in [1.807, 2.05) is 0 Å². The van der Waals surface area contributed by atoms with Crippen molar-refractivity contribution < 1.29 is 26.8 Å². The van der Waals surface area contributed by atoms with Crippen LogP contribution >= 0.6 is 0 Å². The molecule has 182 valence electrons. The average Bonchev–Trinajstić information content (AvgIpc) is 3.29. The summed E-state index contributed by atoms with van der Waals surface area (Å²) in [7, 11) is -3.20. The highest BCUT2D eigenvalue weighted by Gasteiger charge is 2.35. The highest BCUT2D eigenvalue weighted by atomic mass is 32.2. The number of aryl methyl sites for hydroxylation is 1. The van der Waals surface area contributed by atoms with E-state index in [1.54, 1.807) is 6.92 Å². The van der Waals surface area contributed by atoms with E-state index in [0.29, 0.717) is 55.1 Å². The van der Waals surface area contributed by atoms with Crippen LogP contribution in [-0.4, -0.2) is 59.8 Å². The fourth-order valence-electron chi connectivity index (χ4n) is 4.13. The number of hydrogen-bond donors (Lipinski definition) is 1. The van der Waals surface area contributed by atoms with E-state index < -0.39 is 27.6 Å². The van der Waals surface area contributed by atoms with E-state index in [0.717, 1.165) is 12.1 Å². The Balaban J connectivity index is 1.38. The minimum Gasteiger partial charge on any atom is -0.391 e. The smallest absolute Gasteiger partial charge is 0.270 e. The molecule has 2 aromatic rings. The maximum absolute atomic E-state index is 13.4. The predicted molar refractivity (Wildman–Crippen MR) is 119 cm³/mol. The Morgan fingerprint density at radius 2 is 1.91 bits per heavy atom. The number of sulfonamides is 1. The number of nitrogens with zero attached hydrogens (tertiary/aromatic N) is 4. The molecule has 0 bridgehead atoms. The van der Waals surface area contributed by atoms with Gasteiger partial charge in [-0.05, 0) is 43.5 Å². The van der Waals surface area contributed by atoms with Gasteiger partial charge in [0.2, 0.25) is 10.0 Å². The zero-order chi connectivity index (χ0) is 24.5. The minimum atomic E-state index is -3.20. The van der Waals surface area contributed by atoms with Crippen LogP contribution in [0.3, 0.4) is 0 Å². The molecule has 12 heteroatoms. The molecule has 0 spiro atoms. The first-order valence-electron chi connectivity index (χ1n) is 10.9. The molecular weight excluding hydrogens is 468 g/mol. The fraction of sp³-hybridized carbons (Fsp3) is 0.455. The number of amides is 1. The molecule has 1 saturated heterocycles. The third-order valence-corrected chi connectivity index (χ3v) is 7.29. The van der Waals surface area contributed by atoms with Crippen LogP contribution in [-0.2, 0) is 21.4 Å². The number of rotatable bonds is 6. The number of benzene rings is 1. The molecule has 1 aromatic carbocycles. The van der Waals surface area contributed by atoms with Crippen LogP contribution in [0.15, 0.2) is 29.4 Å². The van der Waals surface area contributed by atoms with Gasteiger partial charge >= 0.3 is 0 Å². The number of hydrogen-bond acceptors (Lipinski definition) is 7. The maximum Gasteiger partial charge on any atom is 0.270 e. The summed E-state index contributed by atoms with van der Waals surface area (Å²) in [6.07, 6.45) is 2.89. The number of carbonyl (C=O) groups is 1. The van der Waals surface area contributed by atoms with E-state index in [9.17, 15) is 22.0 Å². The van der Waals surface area contributed by atoms with Crippen LogP contribution < -0.4 is 5.32 Å². The zero-order valence-electron chi connectivity index (χ0n) is 18.8. The summed E-state index contributed by atoms with van der Waals surface area (Å²) in [6.45, 7) is 2.57. The first-order valence-corrected chi connectivity index (χ1v) is 12.7. The van der Waals surface area contributed by atoms with Crippen LogP contribution in [0.1, 0.15) is 46.8 Å². The Labute approximate surface area is 196 Å². The lowest BCUT2D eigenvalue weighted by Gasteiger charge is -2.32. The fourth-order valence-corrected chi connectivity index (χ4v) is 5.01. The summed E-state index contributed by atoms with van der Waals surface area (Å²) in [4.78, 5) is 26.8. The standard InChI is InChI=1S/C22H25F2N5O4S/c1-13-26-18(10-20(27-13)22(30)25-12-14-3-4-16(23)17(24)9-14)19-11-21(33-28-19)15-5-7-29(8-6-15)34(2,31)32/h3-4,9-10,15,21H,5-8,11-12H2,1-2H3,(H,25,30). The Morgan fingerprint density at radius 1 is 1.18 bits per heavy atom. The van der Waals surface area contributed by atoms with Crippen LogP contribution in [0.2, 0.25) is 0 Å². The molecule has 4 rings (SSSR count).